The Morgan fingerprint density at radius 2 is 0.895 bits per heavy atom. The second-order valence-corrected chi connectivity index (χ2v) is 4.27. The summed E-state index contributed by atoms with van der Waals surface area (Å²) in [5, 5.41) is 2.39. The van der Waals surface area contributed by atoms with Crippen molar-refractivity contribution < 1.29 is 4.79 Å². The van der Waals surface area contributed by atoms with Gasteiger partial charge in [-0.15, -0.1) is 0 Å². The molecule has 0 aliphatic rings. The van der Waals surface area contributed by atoms with Crippen LogP contribution >= 0.6 is 0 Å². The van der Waals surface area contributed by atoms with Crippen LogP contribution in [0.25, 0.3) is 0 Å². The van der Waals surface area contributed by atoms with Gasteiger partial charge in [-0.05, 0) is 0 Å². The summed E-state index contributed by atoms with van der Waals surface area (Å²) in [4.78, 5) is 9.70. The average Bonchev–Trinajstić information content (AvgIpc) is 2.24. The van der Waals surface area contributed by atoms with E-state index in [0.717, 1.165) is 0 Å². The van der Waals surface area contributed by atoms with Crippen molar-refractivity contribution in [3.05, 3.63) is 0 Å². The normalized spacial score (nSPS) is 8.32. The molecule has 1 amide bonds. The number of carbonyl (C=O) groups is 1. The Hall–Kier alpha value is 0.379. The van der Waals surface area contributed by atoms with Gasteiger partial charge in [0, 0.05) is 114 Å². The first kappa shape index (κ1) is 21.7. The highest BCUT2D eigenvalue weighted by atomic mass is 16.1. The molecule has 0 aliphatic carbocycles. The topological polar surface area (TPSA) is 29.1 Å². The first-order valence-electron chi connectivity index (χ1n) is 5.79. The average molecular weight is 224 g/mol. The second-order valence-electron chi connectivity index (χ2n) is 4.27. The Labute approximate surface area is 130 Å². The van der Waals surface area contributed by atoms with E-state index in [2.05, 4.69) is 5.32 Å². The fourth-order valence-electron chi connectivity index (χ4n) is 1.54. The van der Waals surface area contributed by atoms with Gasteiger partial charge in [0.05, 0.1) is 0 Å². The zero-order valence-corrected chi connectivity index (χ0v) is 11.5. The van der Waals surface area contributed by atoms with Crippen LogP contribution in [0.1, 0.15) is 6.92 Å². The molecule has 0 unspecified atom stereocenters. The smallest absolute Gasteiger partial charge is 0.216 e. The van der Waals surface area contributed by atoms with Gasteiger partial charge in [-0.3, -0.25) is 4.79 Å². The largest absolute Gasteiger partial charge is 0.359 e. The van der Waals surface area contributed by atoms with Gasteiger partial charge in [0.1, 0.15) is 0 Å². The van der Waals surface area contributed by atoms with Crippen molar-refractivity contribution in [2.24, 2.45) is 0 Å². The van der Waals surface area contributed by atoms with Crippen molar-refractivity contribution in [2.45, 2.75) is 6.92 Å². The standard InChI is InChI=1S/C3H7NO.B14/c1-3(5)4-2;1-9(2)13(10(3)4)14(11(5)6)12(7)8/h1-2H3,(H,4,5);. The van der Waals surface area contributed by atoms with Crippen molar-refractivity contribution in [1.82, 2.24) is 5.32 Å². The van der Waals surface area contributed by atoms with E-state index in [9.17, 15) is 4.79 Å². The molecule has 0 saturated heterocycles. The molecule has 0 atom stereocenters. The minimum atomic E-state index is -0.760. The molecule has 16 radical (unpaired) electrons. The molecule has 0 heterocycles. The molecule has 16 heteroatoms. The molecule has 0 aliphatic heterocycles. The highest BCUT2D eigenvalue weighted by molar-refractivity contribution is 8.10. The lowest BCUT2D eigenvalue weighted by Crippen LogP contribution is -2.72. The molecule has 72 valence electrons. The Kier molecular flexibility index (Phi) is 12.6. The second kappa shape index (κ2) is 11.1. The highest BCUT2D eigenvalue weighted by Gasteiger charge is 2.35. The van der Waals surface area contributed by atoms with E-state index < -0.39 is 38.3 Å². The van der Waals surface area contributed by atoms with Crippen LogP contribution in [-0.2, 0) is 4.79 Å². The van der Waals surface area contributed by atoms with E-state index in [1.165, 1.54) is 6.92 Å². The van der Waals surface area contributed by atoms with Crippen LogP contribution in [0.4, 0.5) is 0 Å². The van der Waals surface area contributed by atoms with E-state index >= 15 is 0 Å². The minimum Gasteiger partial charge on any atom is -0.359 e. The van der Waals surface area contributed by atoms with E-state index in [1.54, 1.807) is 7.05 Å². The van der Waals surface area contributed by atoms with Crippen molar-refractivity contribution in [1.29, 1.82) is 0 Å². The molecule has 0 bridgehead atoms. The Bertz CT molecular complexity index is 209. The maximum atomic E-state index is 9.70. The van der Waals surface area contributed by atoms with Crippen molar-refractivity contribution in [2.75, 3.05) is 7.05 Å². The lowest BCUT2D eigenvalue weighted by molar-refractivity contribution is -0.118. The van der Waals surface area contributed by atoms with Gasteiger partial charge in [0.25, 0.3) is 0 Å². The van der Waals surface area contributed by atoms with Gasteiger partial charge >= 0.3 is 0 Å². The number of nitrogens with one attached hydrogen (secondary N) is 1. The number of hydrogen-bond donors (Lipinski definition) is 1. The predicted molar refractivity (Wildman–Crippen MR) is 100 cm³/mol. The molecule has 0 spiro atoms. The highest BCUT2D eigenvalue weighted by Crippen LogP contribution is 1.97. The molecule has 19 heavy (non-hydrogen) atoms. The maximum Gasteiger partial charge on any atom is 0.216 e. The van der Waals surface area contributed by atoms with Crippen LogP contribution in [-0.4, -0.2) is 113 Å². The molecular formula is C3H7B14NO. The van der Waals surface area contributed by atoms with Gasteiger partial charge in [-0.25, -0.2) is 0 Å². The number of carbonyl (C=O) groups excluding carboxylic acids is 1. The van der Waals surface area contributed by atoms with Gasteiger partial charge in [-0.1, -0.05) is 0 Å². The predicted octanol–water partition coefficient (Wildman–Crippen LogP) is -5.58. The molecule has 0 saturated carbocycles. The SMILES string of the molecule is CNC(C)=O.[B]B([B])B(B([B])[B])B(B([B])[B])B([B])[B]. The third-order valence-electron chi connectivity index (χ3n) is 2.57. The van der Waals surface area contributed by atoms with E-state index in [0.29, 0.717) is 0 Å². The summed E-state index contributed by atoms with van der Waals surface area (Å²) in [6.07, 6.45) is -4.08. The molecule has 1 N–H and O–H groups in total. The third kappa shape index (κ3) is 9.85. The van der Waals surface area contributed by atoms with Crippen LogP contribution in [0.2, 0.25) is 0 Å². The van der Waals surface area contributed by atoms with Crippen LogP contribution in [0.5, 0.6) is 0 Å². The summed E-state index contributed by atoms with van der Waals surface area (Å²) in [6, 6.07) is 0. The van der Waals surface area contributed by atoms with Gasteiger partial charge in [0.2, 0.25) is 5.91 Å². The van der Waals surface area contributed by atoms with Gasteiger partial charge in [-0.2, -0.15) is 0 Å². The first-order chi connectivity index (χ1) is 8.56. The first-order valence-corrected chi connectivity index (χ1v) is 5.79. The maximum absolute atomic E-state index is 9.70. The van der Waals surface area contributed by atoms with Crippen LogP contribution < -0.4 is 5.32 Å². The zero-order valence-electron chi connectivity index (χ0n) is 11.5. The van der Waals surface area contributed by atoms with Crippen molar-refractivity contribution in [3.8, 4) is 0 Å². The fraction of sp³-hybridized carbons (Fsp3) is 0.667. The van der Waals surface area contributed by atoms with E-state index in [4.69, 9.17) is 61.9 Å². The summed E-state index contributed by atoms with van der Waals surface area (Å²) >= 11 is 0. The summed E-state index contributed by atoms with van der Waals surface area (Å²) in [6.45, 7) is 1.47. The zero-order chi connectivity index (χ0) is 15.7. The van der Waals surface area contributed by atoms with E-state index in [1.807, 2.05) is 0 Å². The van der Waals surface area contributed by atoms with Crippen LogP contribution in [0, 0.1) is 0 Å². The van der Waals surface area contributed by atoms with Crippen LogP contribution in [0.3, 0.4) is 0 Å². The molecule has 0 rings (SSSR count). The molecule has 0 fully saturated rings. The summed E-state index contributed by atoms with van der Waals surface area (Å²) in [5.41, 5.74) is 0. The molecule has 0 aromatic heterocycles. The number of hydrogen-bond acceptors (Lipinski definition) is 1. The molecular weight excluding hydrogens is 217 g/mol. The van der Waals surface area contributed by atoms with Crippen LogP contribution in [0.15, 0.2) is 0 Å². The number of rotatable bonds is 5. The van der Waals surface area contributed by atoms with Crippen molar-refractivity contribution >= 4 is 106 Å². The Morgan fingerprint density at radius 1 is 0.737 bits per heavy atom. The molecule has 2 nitrogen and oxygen atoms in total. The monoisotopic (exact) mass is 227 g/mol. The summed E-state index contributed by atoms with van der Waals surface area (Å²) in [5.74, 6) is 0.00463. The fourth-order valence-corrected chi connectivity index (χ4v) is 1.54. The lowest BCUT2D eigenvalue weighted by Gasteiger charge is -2.34. The Balaban J connectivity index is 0. The van der Waals surface area contributed by atoms with E-state index in [-0.39, 0.29) is 5.91 Å². The third-order valence-corrected chi connectivity index (χ3v) is 2.57. The van der Waals surface area contributed by atoms with Gasteiger partial charge < -0.3 is 5.32 Å². The summed E-state index contributed by atoms with van der Waals surface area (Å²) in [7, 11) is 45.7. The van der Waals surface area contributed by atoms with Gasteiger partial charge in [0.15, 0.2) is 0 Å². The molecule has 0 aromatic rings. The van der Waals surface area contributed by atoms with Crippen molar-refractivity contribution in [3.63, 3.8) is 0 Å². The minimum absolute atomic E-state index is 0.00463. The number of amides is 1. The Morgan fingerprint density at radius 3 is 0.947 bits per heavy atom. The lowest BCUT2D eigenvalue weighted by atomic mass is 8.47. The summed E-state index contributed by atoms with van der Waals surface area (Å²) < 4.78 is 0. The molecule has 0 aromatic carbocycles. The quantitative estimate of drug-likeness (QED) is 0.464.